The lowest BCUT2D eigenvalue weighted by Gasteiger charge is -1.93. The van der Waals surface area contributed by atoms with Gasteiger partial charge in [-0.1, -0.05) is 6.08 Å². The number of aromatic amines is 1. The number of nitrogen functional groups attached to an aromatic ring is 1. The maximum absolute atomic E-state index is 10.6. The lowest BCUT2D eigenvalue weighted by atomic mass is 10.2. The predicted molar refractivity (Wildman–Crippen MR) is 58.9 cm³/mol. The van der Waals surface area contributed by atoms with Crippen LogP contribution in [0.5, 0.6) is 0 Å². The molecule has 0 spiro atoms. The van der Waals surface area contributed by atoms with E-state index in [0.717, 1.165) is 0 Å². The summed E-state index contributed by atoms with van der Waals surface area (Å²) in [6, 6.07) is 0. The summed E-state index contributed by atoms with van der Waals surface area (Å²) in [6.45, 7) is 0. The highest BCUT2D eigenvalue weighted by molar-refractivity contribution is 5.92. The lowest BCUT2D eigenvalue weighted by molar-refractivity contribution is -0.117. The van der Waals surface area contributed by atoms with Crippen LogP contribution in [0.4, 0.5) is 5.82 Å². The molecule has 0 bridgehead atoms. The molecule has 5 N–H and O–H groups in total. The van der Waals surface area contributed by atoms with E-state index in [1.165, 1.54) is 6.33 Å². The second-order valence-corrected chi connectivity index (χ2v) is 3.17. The first-order valence-corrected chi connectivity index (χ1v) is 4.58. The Bertz CT molecular complexity index is 558. The van der Waals surface area contributed by atoms with Gasteiger partial charge in [-0.05, 0) is 6.08 Å². The standard InChI is InChI=1S/C9H10N6O/c10-6(16)3-1-2-5-7-8(11)12-4-13-9(7)15-14-5/h1-2,4H,3H2,(H2,10,16)(H3,11,12,13,14,15). The average molecular weight is 218 g/mol. The number of carbonyl (C=O) groups excluding carboxylic acids is 1. The summed E-state index contributed by atoms with van der Waals surface area (Å²) in [5, 5.41) is 7.35. The predicted octanol–water partition coefficient (Wildman–Crippen LogP) is -0.176. The summed E-state index contributed by atoms with van der Waals surface area (Å²) in [6.07, 6.45) is 4.81. The van der Waals surface area contributed by atoms with Crippen molar-refractivity contribution < 1.29 is 4.79 Å². The molecule has 0 saturated heterocycles. The Morgan fingerprint density at radius 1 is 1.50 bits per heavy atom. The van der Waals surface area contributed by atoms with Crippen molar-refractivity contribution in [3.8, 4) is 0 Å². The Labute approximate surface area is 90.6 Å². The van der Waals surface area contributed by atoms with E-state index in [9.17, 15) is 4.79 Å². The molecule has 0 aromatic carbocycles. The summed E-state index contributed by atoms with van der Waals surface area (Å²) in [4.78, 5) is 18.4. The van der Waals surface area contributed by atoms with Crippen LogP contribution in [-0.4, -0.2) is 26.1 Å². The summed E-state index contributed by atoms with van der Waals surface area (Å²) in [7, 11) is 0. The molecule has 0 radical (unpaired) electrons. The number of hydrogen-bond acceptors (Lipinski definition) is 5. The zero-order valence-electron chi connectivity index (χ0n) is 8.34. The number of nitrogens with one attached hydrogen (secondary N) is 1. The van der Waals surface area contributed by atoms with E-state index in [2.05, 4.69) is 20.2 Å². The Hall–Kier alpha value is -2.44. The molecule has 2 rings (SSSR count). The molecule has 0 saturated carbocycles. The number of nitrogens with two attached hydrogens (primary N) is 2. The third kappa shape index (κ3) is 1.83. The van der Waals surface area contributed by atoms with Crippen molar-refractivity contribution in [3.05, 3.63) is 18.1 Å². The van der Waals surface area contributed by atoms with Crippen molar-refractivity contribution in [2.24, 2.45) is 5.73 Å². The quantitative estimate of drug-likeness (QED) is 0.659. The van der Waals surface area contributed by atoms with E-state index < -0.39 is 5.91 Å². The molecule has 82 valence electrons. The zero-order valence-corrected chi connectivity index (χ0v) is 8.34. The van der Waals surface area contributed by atoms with Gasteiger partial charge in [0.1, 0.15) is 12.1 Å². The number of nitrogens with zero attached hydrogens (tertiary/aromatic N) is 3. The Kier molecular flexibility index (Phi) is 2.50. The molecule has 0 unspecified atom stereocenters. The molecule has 7 nitrogen and oxygen atoms in total. The van der Waals surface area contributed by atoms with E-state index in [-0.39, 0.29) is 6.42 Å². The van der Waals surface area contributed by atoms with Gasteiger partial charge in [-0.3, -0.25) is 9.89 Å². The molecular formula is C9H10N6O. The highest BCUT2D eigenvalue weighted by Gasteiger charge is 2.07. The van der Waals surface area contributed by atoms with Gasteiger partial charge < -0.3 is 11.5 Å². The van der Waals surface area contributed by atoms with Gasteiger partial charge in [0.05, 0.1) is 11.1 Å². The van der Waals surface area contributed by atoms with Gasteiger partial charge in [-0.25, -0.2) is 9.97 Å². The zero-order chi connectivity index (χ0) is 11.5. The van der Waals surface area contributed by atoms with Crippen molar-refractivity contribution in [3.63, 3.8) is 0 Å². The molecule has 0 fully saturated rings. The molecule has 0 aliphatic rings. The molecule has 0 aliphatic heterocycles. The van der Waals surface area contributed by atoms with Crippen LogP contribution in [0.1, 0.15) is 12.1 Å². The third-order valence-corrected chi connectivity index (χ3v) is 2.01. The van der Waals surface area contributed by atoms with Crippen LogP contribution in [0.15, 0.2) is 12.4 Å². The maximum atomic E-state index is 10.6. The van der Waals surface area contributed by atoms with Crippen LogP contribution >= 0.6 is 0 Å². The minimum atomic E-state index is -0.399. The van der Waals surface area contributed by atoms with Gasteiger partial charge in [-0.15, -0.1) is 0 Å². The largest absolute Gasteiger partial charge is 0.383 e. The summed E-state index contributed by atoms with van der Waals surface area (Å²) >= 11 is 0. The van der Waals surface area contributed by atoms with E-state index in [1.54, 1.807) is 12.2 Å². The van der Waals surface area contributed by atoms with Crippen LogP contribution in [0, 0.1) is 0 Å². The molecule has 1 amide bonds. The summed E-state index contributed by atoms with van der Waals surface area (Å²) in [5.74, 6) is -0.0539. The van der Waals surface area contributed by atoms with Crippen LogP contribution in [0.3, 0.4) is 0 Å². The van der Waals surface area contributed by atoms with Crippen molar-refractivity contribution in [2.75, 3.05) is 5.73 Å². The number of aromatic nitrogens is 4. The molecule has 0 atom stereocenters. The van der Waals surface area contributed by atoms with Crippen LogP contribution in [-0.2, 0) is 4.79 Å². The van der Waals surface area contributed by atoms with Crippen LogP contribution < -0.4 is 11.5 Å². The smallest absolute Gasteiger partial charge is 0.221 e. The lowest BCUT2D eigenvalue weighted by Crippen LogP contribution is -2.07. The normalized spacial score (nSPS) is 11.2. The second kappa shape index (κ2) is 3.97. The molecule has 7 heteroatoms. The van der Waals surface area contributed by atoms with Gasteiger partial charge in [0.15, 0.2) is 5.65 Å². The fourth-order valence-electron chi connectivity index (χ4n) is 1.32. The SMILES string of the molecule is NC(=O)CC=Cc1[nH]nc2ncnc(N)c12. The monoisotopic (exact) mass is 218 g/mol. The fourth-order valence-corrected chi connectivity index (χ4v) is 1.32. The van der Waals surface area contributed by atoms with Crippen molar-refractivity contribution in [2.45, 2.75) is 6.42 Å². The summed E-state index contributed by atoms with van der Waals surface area (Å²) in [5.41, 5.74) is 11.9. The van der Waals surface area contributed by atoms with E-state index in [0.29, 0.717) is 22.5 Å². The number of fused-ring (bicyclic) bond motifs is 1. The van der Waals surface area contributed by atoms with Gasteiger partial charge in [0, 0.05) is 6.42 Å². The fraction of sp³-hybridized carbons (Fsp3) is 0.111. The highest BCUT2D eigenvalue weighted by atomic mass is 16.1. The Morgan fingerprint density at radius 2 is 2.31 bits per heavy atom. The van der Waals surface area contributed by atoms with Crippen LogP contribution in [0.25, 0.3) is 17.1 Å². The van der Waals surface area contributed by atoms with Crippen molar-refractivity contribution >= 4 is 28.8 Å². The maximum Gasteiger partial charge on any atom is 0.221 e. The third-order valence-electron chi connectivity index (χ3n) is 2.01. The van der Waals surface area contributed by atoms with E-state index in [4.69, 9.17) is 11.5 Å². The van der Waals surface area contributed by atoms with Gasteiger partial charge in [0.2, 0.25) is 5.91 Å². The topological polar surface area (TPSA) is 124 Å². The minimum absolute atomic E-state index is 0.161. The number of anilines is 1. The van der Waals surface area contributed by atoms with Gasteiger partial charge >= 0.3 is 0 Å². The highest BCUT2D eigenvalue weighted by Crippen LogP contribution is 2.19. The van der Waals surface area contributed by atoms with Gasteiger partial charge in [-0.2, -0.15) is 5.10 Å². The number of primary amides is 1. The van der Waals surface area contributed by atoms with Crippen molar-refractivity contribution in [1.82, 2.24) is 20.2 Å². The second-order valence-electron chi connectivity index (χ2n) is 3.17. The molecule has 2 heterocycles. The molecule has 2 aromatic heterocycles. The first-order chi connectivity index (χ1) is 7.68. The number of amides is 1. The molecule has 2 aromatic rings. The number of carbonyl (C=O) groups is 1. The van der Waals surface area contributed by atoms with E-state index >= 15 is 0 Å². The minimum Gasteiger partial charge on any atom is -0.383 e. The number of hydrogen-bond donors (Lipinski definition) is 3. The summed E-state index contributed by atoms with van der Waals surface area (Å²) < 4.78 is 0. The van der Waals surface area contributed by atoms with E-state index in [1.807, 2.05) is 0 Å². The average Bonchev–Trinajstić information content (AvgIpc) is 2.62. The number of H-pyrrole nitrogens is 1. The Balaban J connectivity index is 2.38. The van der Waals surface area contributed by atoms with Crippen LogP contribution in [0.2, 0.25) is 0 Å². The molecular weight excluding hydrogens is 208 g/mol. The van der Waals surface area contributed by atoms with Crippen molar-refractivity contribution in [1.29, 1.82) is 0 Å². The molecule has 16 heavy (non-hydrogen) atoms. The number of rotatable bonds is 3. The Morgan fingerprint density at radius 3 is 3.06 bits per heavy atom. The van der Waals surface area contributed by atoms with Gasteiger partial charge in [0.25, 0.3) is 0 Å². The first kappa shape index (κ1) is 10.1. The first-order valence-electron chi connectivity index (χ1n) is 4.58. The molecule has 0 aliphatic carbocycles.